The summed E-state index contributed by atoms with van der Waals surface area (Å²) >= 11 is 0. The largest absolute Gasteiger partial charge is 0.550 e. The van der Waals surface area contributed by atoms with Crippen LogP contribution < -0.4 is 5.11 Å². The predicted molar refractivity (Wildman–Crippen MR) is 123 cm³/mol. The summed E-state index contributed by atoms with van der Waals surface area (Å²) in [5.74, 6) is -1.30. The second kappa shape index (κ2) is 12.0. The molecular formula is C26H26F3N2O4-. The number of carboxylic acids is 1. The molecule has 3 aromatic rings. The number of alkyl halides is 3. The summed E-state index contributed by atoms with van der Waals surface area (Å²) in [7, 11) is 0. The van der Waals surface area contributed by atoms with Gasteiger partial charge in [-0.3, -0.25) is 4.98 Å². The maximum Gasteiger partial charge on any atom is 0.416 e. The normalized spacial score (nSPS) is 10.9. The van der Waals surface area contributed by atoms with Gasteiger partial charge in [0.2, 0.25) is 0 Å². The summed E-state index contributed by atoms with van der Waals surface area (Å²) in [6.07, 6.45) is -2.85. The molecule has 0 radical (unpaired) electrons. The topological polar surface area (TPSA) is 82.6 Å². The van der Waals surface area contributed by atoms with Gasteiger partial charge in [-0.05, 0) is 47.4 Å². The number of halogens is 3. The lowest BCUT2D eigenvalue weighted by molar-refractivity contribution is -0.304. The highest BCUT2D eigenvalue weighted by Gasteiger charge is 2.31. The molecule has 0 N–H and O–H groups in total. The summed E-state index contributed by atoms with van der Waals surface area (Å²) in [5, 5.41) is 10.9. The highest BCUT2D eigenvalue weighted by atomic mass is 19.4. The average molecular weight is 487 g/mol. The van der Waals surface area contributed by atoms with Gasteiger partial charge >= 0.3 is 12.3 Å². The number of nitrogens with zero attached hydrogens (tertiary/aromatic N) is 2. The van der Waals surface area contributed by atoms with E-state index < -0.39 is 23.8 Å². The number of benzene rings is 2. The molecule has 186 valence electrons. The van der Waals surface area contributed by atoms with Crippen molar-refractivity contribution in [1.82, 2.24) is 9.88 Å². The van der Waals surface area contributed by atoms with Gasteiger partial charge in [0.25, 0.3) is 0 Å². The SMILES string of the molecule is C.CCN(Cc1cc(C(F)(F)F)ccc1-c1cncc(CC(=O)[O-])c1)C(=O)OCc1ccccc1. The van der Waals surface area contributed by atoms with Crippen molar-refractivity contribution in [2.75, 3.05) is 6.54 Å². The number of carbonyl (C=O) groups excluding carboxylic acids is 2. The Hall–Kier alpha value is -3.88. The van der Waals surface area contributed by atoms with Crippen molar-refractivity contribution in [2.24, 2.45) is 0 Å². The number of carboxylic acid groups (broad SMARTS) is 1. The number of carbonyl (C=O) groups is 2. The van der Waals surface area contributed by atoms with E-state index in [9.17, 15) is 27.9 Å². The van der Waals surface area contributed by atoms with Crippen molar-refractivity contribution in [2.45, 2.75) is 40.1 Å². The minimum Gasteiger partial charge on any atom is -0.550 e. The third-order valence-electron chi connectivity index (χ3n) is 5.09. The first-order chi connectivity index (χ1) is 16.2. The molecule has 0 atom stereocenters. The van der Waals surface area contributed by atoms with Crippen LogP contribution in [-0.4, -0.2) is 28.5 Å². The van der Waals surface area contributed by atoms with Crippen LogP contribution in [0.5, 0.6) is 0 Å². The number of aliphatic carboxylic acids is 1. The molecule has 0 bridgehead atoms. The third-order valence-corrected chi connectivity index (χ3v) is 5.09. The first-order valence-corrected chi connectivity index (χ1v) is 10.5. The Balaban J connectivity index is 0.00000432. The summed E-state index contributed by atoms with van der Waals surface area (Å²) < 4.78 is 45.6. The number of pyridine rings is 1. The maximum absolute atomic E-state index is 13.4. The van der Waals surface area contributed by atoms with Crippen molar-refractivity contribution < 1.29 is 32.6 Å². The zero-order chi connectivity index (χ0) is 24.7. The Kier molecular flexibility index (Phi) is 9.39. The summed E-state index contributed by atoms with van der Waals surface area (Å²) in [6, 6.07) is 13.8. The fourth-order valence-electron chi connectivity index (χ4n) is 3.40. The molecule has 2 aromatic carbocycles. The number of hydrogen-bond donors (Lipinski definition) is 0. The Morgan fingerprint density at radius 3 is 2.37 bits per heavy atom. The minimum atomic E-state index is -4.58. The monoisotopic (exact) mass is 487 g/mol. The molecule has 0 fully saturated rings. The highest BCUT2D eigenvalue weighted by Crippen LogP contribution is 2.34. The predicted octanol–water partition coefficient (Wildman–Crippen LogP) is 4.85. The van der Waals surface area contributed by atoms with Crippen LogP contribution in [0.2, 0.25) is 0 Å². The van der Waals surface area contributed by atoms with E-state index in [1.807, 2.05) is 6.07 Å². The second-order valence-corrected chi connectivity index (χ2v) is 7.55. The Morgan fingerprint density at radius 2 is 1.74 bits per heavy atom. The highest BCUT2D eigenvalue weighted by molar-refractivity contribution is 5.73. The Morgan fingerprint density at radius 1 is 1.03 bits per heavy atom. The number of aromatic nitrogens is 1. The summed E-state index contributed by atoms with van der Waals surface area (Å²) in [5.41, 5.74) is 1.31. The van der Waals surface area contributed by atoms with Crippen LogP contribution in [0.25, 0.3) is 11.1 Å². The van der Waals surface area contributed by atoms with Crippen LogP contribution >= 0.6 is 0 Å². The van der Waals surface area contributed by atoms with Gasteiger partial charge in [0.05, 0.1) is 5.56 Å². The lowest BCUT2D eigenvalue weighted by atomic mass is 9.96. The maximum atomic E-state index is 13.4. The van der Waals surface area contributed by atoms with E-state index in [2.05, 4.69) is 4.98 Å². The molecule has 0 saturated carbocycles. The molecule has 3 rings (SSSR count). The first-order valence-electron chi connectivity index (χ1n) is 10.5. The van der Waals surface area contributed by atoms with Crippen molar-refractivity contribution in [3.8, 4) is 11.1 Å². The van der Waals surface area contributed by atoms with Crippen molar-refractivity contribution in [3.05, 3.63) is 89.2 Å². The number of amides is 1. The molecule has 0 aliphatic rings. The molecule has 0 saturated heterocycles. The van der Waals surface area contributed by atoms with Gasteiger partial charge in [0.15, 0.2) is 0 Å². The summed E-state index contributed by atoms with van der Waals surface area (Å²) in [4.78, 5) is 28.9. The number of ether oxygens (including phenoxy) is 1. The molecule has 0 spiro atoms. The van der Waals surface area contributed by atoms with E-state index in [0.29, 0.717) is 16.7 Å². The van der Waals surface area contributed by atoms with Crippen molar-refractivity contribution in [1.29, 1.82) is 0 Å². The second-order valence-electron chi connectivity index (χ2n) is 7.55. The van der Waals surface area contributed by atoms with Gasteiger partial charge in [-0.25, -0.2) is 4.79 Å². The fraction of sp³-hybridized carbons (Fsp3) is 0.269. The van der Waals surface area contributed by atoms with Gasteiger partial charge < -0.3 is 19.5 Å². The third kappa shape index (κ3) is 7.56. The standard InChI is InChI=1S/C25H23F3N2O4.CH4/c1-2-30(24(33)34-16-17-6-4-3-5-7-17)15-20-12-21(25(26,27)28)8-9-22(20)19-10-18(11-23(31)32)13-29-14-19;/h3-10,12-14H,2,11,15-16H2,1H3,(H,31,32);1H4/p-1. The molecule has 1 aromatic heterocycles. The molecule has 0 aliphatic carbocycles. The van der Waals surface area contributed by atoms with Gasteiger partial charge in [0.1, 0.15) is 6.61 Å². The van der Waals surface area contributed by atoms with E-state index in [4.69, 9.17) is 4.74 Å². The van der Waals surface area contributed by atoms with E-state index in [1.54, 1.807) is 31.2 Å². The number of hydrogen-bond acceptors (Lipinski definition) is 5. The zero-order valence-electron chi connectivity index (χ0n) is 18.3. The molecule has 6 nitrogen and oxygen atoms in total. The molecule has 0 aliphatic heterocycles. The van der Waals surface area contributed by atoms with Crippen molar-refractivity contribution in [3.63, 3.8) is 0 Å². The molecule has 9 heteroatoms. The molecule has 1 heterocycles. The molecule has 0 unspecified atom stereocenters. The van der Waals surface area contributed by atoms with E-state index in [-0.39, 0.29) is 39.1 Å². The van der Waals surface area contributed by atoms with Gasteiger partial charge in [-0.15, -0.1) is 0 Å². The van der Waals surface area contributed by atoms with Crippen LogP contribution in [0.3, 0.4) is 0 Å². The van der Waals surface area contributed by atoms with E-state index >= 15 is 0 Å². The Labute approximate surface area is 202 Å². The van der Waals surface area contributed by atoms with E-state index in [1.165, 1.54) is 29.4 Å². The smallest absolute Gasteiger partial charge is 0.416 e. The quantitative estimate of drug-likeness (QED) is 0.454. The van der Waals surface area contributed by atoms with Crippen molar-refractivity contribution >= 4 is 12.1 Å². The summed E-state index contributed by atoms with van der Waals surface area (Å²) in [6.45, 7) is 1.78. The lowest BCUT2D eigenvalue weighted by Gasteiger charge is -2.23. The van der Waals surface area contributed by atoms with E-state index in [0.717, 1.165) is 17.7 Å². The molecule has 1 amide bonds. The van der Waals surface area contributed by atoms with Crippen LogP contribution in [0, 0.1) is 0 Å². The van der Waals surface area contributed by atoms with Gasteiger partial charge in [-0.1, -0.05) is 43.8 Å². The van der Waals surface area contributed by atoms with Crippen LogP contribution in [0.1, 0.15) is 36.6 Å². The molecular weight excluding hydrogens is 461 g/mol. The van der Waals surface area contributed by atoms with Gasteiger partial charge in [-0.2, -0.15) is 13.2 Å². The minimum absolute atomic E-state index is 0. The fourth-order valence-corrected chi connectivity index (χ4v) is 3.40. The van der Waals surface area contributed by atoms with Crippen LogP contribution in [0.15, 0.2) is 67.0 Å². The number of rotatable bonds is 8. The first kappa shape index (κ1) is 27.4. The zero-order valence-corrected chi connectivity index (χ0v) is 18.3. The van der Waals surface area contributed by atoms with Crippen LogP contribution in [-0.2, 0) is 35.3 Å². The Bertz CT molecular complexity index is 1150. The molecule has 35 heavy (non-hydrogen) atoms. The van der Waals surface area contributed by atoms with Crippen LogP contribution in [0.4, 0.5) is 18.0 Å². The lowest BCUT2D eigenvalue weighted by Crippen LogP contribution is -2.31. The van der Waals surface area contributed by atoms with Gasteiger partial charge in [0, 0.05) is 43.4 Å². The average Bonchev–Trinajstić information content (AvgIpc) is 2.80.